The molecule has 0 aromatic carbocycles. The summed E-state index contributed by atoms with van der Waals surface area (Å²) in [6.45, 7) is 6.57. The van der Waals surface area contributed by atoms with Gasteiger partial charge in [0.25, 0.3) is 0 Å². The highest BCUT2D eigenvalue weighted by atomic mass is 16.6. The number of nitrogens with zero attached hydrogens (tertiary/aromatic N) is 1. The van der Waals surface area contributed by atoms with Crippen molar-refractivity contribution in [3.63, 3.8) is 0 Å². The molecule has 5 nitrogen and oxygen atoms in total. The van der Waals surface area contributed by atoms with Crippen LogP contribution in [0.2, 0.25) is 0 Å². The van der Waals surface area contributed by atoms with Gasteiger partial charge in [0, 0.05) is 19.5 Å². The molecule has 0 radical (unpaired) electrons. The van der Waals surface area contributed by atoms with Gasteiger partial charge >= 0.3 is 6.09 Å². The van der Waals surface area contributed by atoms with Crippen LogP contribution in [0.15, 0.2) is 0 Å². The third-order valence-corrected chi connectivity index (χ3v) is 2.17. The molecule has 1 fully saturated rings. The van der Waals surface area contributed by atoms with Crippen molar-refractivity contribution in [3.8, 4) is 0 Å². The number of nitrogens with one attached hydrogen (secondary N) is 1. The number of β-amino-alcohol motifs (C(OH)–C–C–N with tert-alkyl or cyclic N) is 1. The monoisotopic (exact) mass is 216 g/mol. The summed E-state index contributed by atoms with van der Waals surface area (Å²) < 4.78 is 5.07. The highest BCUT2D eigenvalue weighted by molar-refractivity contribution is 5.68. The topological polar surface area (TPSA) is 61.8 Å². The Morgan fingerprint density at radius 1 is 1.53 bits per heavy atom. The van der Waals surface area contributed by atoms with Gasteiger partial charge in [-0.25, -0.2) is 4.79 Å². The van der Waals surface area contributed by atoms with E-state index < -0.39 is 17.4 Å². The number of amides is 1. The number of carbonyl (C=O) groups is 1. The summed E-state index contributed by atoms with van der Waals surface area (Å²) in [6.07, 6.45) is -0.0387. The van der Waals surface area contributed by atoms with E-state index in [-0.39, 0.29) is 0 Å². The molecule has 1 atom stereocenters. The Bertz CT molecular complexity index is 250. The molecule has 0 aromatic heterocycles. The number of hydrogen-bond donors (Lipinski definition) is 2. The maximum absolute atomic E-state index is 11.4. The molecular weight excluding hydrogens is 196 g/mol. The van der Waals surface area contributed by atoms with Crippen molar-refractivity contribution >= 4 is 6.09 Å². The summed E-state index contributed by atoms with van der Waals surface area (Å²) in [5.41, 5.74) is -1.68. The summed E-state index contributed by atoms with van der Waals surface area (Å²) in [4.78, 5) is 13.4. The zero-order valence-electron chi connectivity index (χ0n) is 9.83. The highest BCUT2D eigenvalue weighted by Gasteiger charge is 2.36. The van der Waals surface area contributed by atoms with Crippen molar-refractivity contribution in [2.24, 2.45) is 0 Å². The standard InChI is InChI=1S/C10H20N2O3/c1-9(2,3)15-8(13)11-10(14)5-6-12(4)7-10/h14H,5-7H2,1-4H3,(H,11,13). The molecule has 1 aliphatic rings. The van der Waals surface area contributed by atoms with E-state index in [0.29, 0.717) is 13.0 Å². The van der Waals surface area contributed by atoms with Crippen LogP contribution in [-0.2, 0) is 4.74 Å². The van der Waals surface area contributed by atoms with Gasteiger partial charge in [0.05, 0.1) is 0 Å². The third-order valence-electron chi connectivity index (χ3n) is 2.17. The van der Waals surface area contributed by atoms with Crippen molar-refractivity contribution in [1.29, 1.82) is 0 Å². The Kier molecular flexibility index (Phi) is 3.25. The summed E-state index contributed by atoms with van der Waals surface area (Å²) in [5.74, 6) is 0. The van der Waals surface area contributed by atoms with Crippen molar-refractivity contribution < 1.29 is 14.6 Å². The predicted octanol–water partition coefficient (Wildman–Crippen LogP) is 0.535. The molecular formula is C10H20N2O3. The molecule has 0 aliphatic carbocycles. The number of rotatable bonds is 1. The van der Waals surface area contributed by atoms with Crippen LogP contribution in [0.3, 0.4) is 0 Å². The van der Waals surface area contributed by atoms with Gasteiger partial charge in [0.1, 0.15) is 5.60 Å². The molecule has 15 heavy (non-hydrogen) atoms. The quantitative estimate of drug-likeness (QED) is 0.628. The molecule has 1 rings (SSSR count). The molecule has 1 aliphatic heterocycles. The minimum absolute atomic E-state index is 0.437. The number of likely N-dealkylation sites (N-methyl/N-ethyl adjacent to an activating group) is 1. The minimum Gasteiger partial charge on any atom is -0.444 e. The molecule has 0 spiro atoms. The molecule has 1 heterocycles. The van der Waals surface area contributed by atoms with Crippen molar-refractivity contribution in [1.82, 2.24) is 10.2 Å². The molecule has 5 heteroatoms. The van der Waals surface area contributed by atoms with Gasteiger partial charge in [-0.1, -0.05) is 0 Å². The molecule has 0 aromatic rings. The van der Waals surface area contributed by atoms with Crippen molar-refractivity contribution in [2.75, 3.05) is 20.1 Å². The van der Waals surface area contributed by atoms with Crippen LogP contribution in [0.25, 0.3) is 0 Å². The van der Waals surface area contributed by atoms with Crippen molar-refractivity contribution in [2.45, 2.75) is 38.5 Å². The van der Waals surface area contributed by atoms with Crippen LogP contribution in [0, 0.1) is 0 Å². The first-order valence-corrected chi connectivity index (χ1v) is 5.12. The van der Waals surface area contributed by atoms with E-state index >= 15 is 0 Å². The number of ether oxygens (including phenoxy) is 1. The van der Waals surface area contributed by atoms with Gasteiger partial charge < -0.3 is 14.7 Å². The van der Waals surface area contributed by atoms with Crippen molar-refractivity contribution in [3.05, 3.63) is 0 Å². The Hall–Kier alpha value is -0.810. The largest absolute Gasteiger partial charge is 0.444 e. The van der Waals surface area contributed by atoms with Gasteiger partial charge in [-0.3, -0.25) is 5.32 Å². The van der Waals surface area contributed by atoms with E-state index in [2.05, 4.69) is 5.32 Å². The number of hydrogen-bond acceptors (Lipinski definition) is 4. The maximum atomic E-state index is 11.4. The van der Waals surface area contributed by atoms with Gasteiger partial charge in [-0.15, -0.1) is 0 Å². The fraction of sp³-hybridized carbons (Fsp3) is 0.900. The Balaban J connectivity index is 2.45. The molecule has 2 N–H and O–H groups in total. The summed E-state index contributed by atoms with van der Waals surface area (Å²) in [5, 5.41) is 12.5. The maximum Gasteiger partial charge on any atom is 0.409 e. The first-order valence-electron chi connectivity index (χ1n) is 5.12. The minimum atomic E-state index is -1.14. The molecule has 0 saturated carbocycles. The number of alkyl carbamates (subject to hydrolysis) is 1. The Morgan fingerprint density at radius 3 is 2.53 bits per heavy atom. The SMILES string of the molecule is CN1CCC(O)(NC(=O)OC(C)(C)C)C1. The zero-order valence-corrected chi connectivity index (χ0v) is 9.83. The van der Waals surface area contributed by atoms with Crippen LogP contribution in [0.5, 0.6) is 0 Å². The average Bonchev–Trinajstić information content (AvgIpc) is 2.25. The van der Waals surface area contributed by atoms with E-state index in [1.807, 2.05) is 11.9 Å². The number of aliphatic hydroxyl groups is 1. The van der Waals surface area contributed by atoms with Gasteiger partial charge in [-0.05, 0) is 27.8 Å². The second kappa shape index (κ2) is 3.98. The summed E-state index contributed by atoms with van der Waals surface area (Å²) in [7, 11) is 1.90. The zero-order chi connectivity index (χ0) is 11.7. The number of likely N-dealkylation sites (tertiary alicyclic amines) is 1. The van der Waals surface area contributed by atoms with E-state index in [1.54, 1.807) is 20.8 Å². The van der Waals surface area contributed by atoms with E-state index in [4.69, 9.17) is 4.74 Å². The molecule has 0 bridgehead atoms. The summed E-state index contributed by atoms with van der Waals surface area (Å²) >= 11 is 0. The van der Waals surface area contributed by atoms with E-state index in [0.717, 1.165) is 6.54 Å². The average molecular weight is 216 g/mol. The van der Waals surface area contributed by atoms with Crippen LogP contribution < -0.4 is 5.32 Å². The van der Waals surface area contributed by atoms with E-state index in [1.165, 1.54) is 0 Å². The normalized spacial score (nSPS) is 27.8. The molecule has 1 saturated heterocycles. The first kappa shape index (κ1) is 12.3. The van der Waals surface area contributed by atoms with Gasteiger partial charge in [-0.2, -0.15) is 0 Å². The van der Waals surface area contributed by atoms with Crippen LogP contribution in [0.4, 0.5) is 4.79 Å². The fourth-order valence-electron chi connectivity index (χ4n) is 1.58. The molecule has 88 valence electrons. The lowest BCUT2D eigenvalue weighted by Crippen LogP contribution is -2.51. The second-order valence-corrected chi connectivity index (χ2v) is 5.15. The number of carbonyl (C=O) groups excluding carboxylic acids is 1. The lowest BCUT2D eigenvalue weighted by atomic mass is 10.2. The predicted molar refractivity (Wildman–Crippen MR) is 56.4 cm³/mol. The Labute approximate surface area is 90.4 Å². The van der Waals surface area contributed by atoms with Gasteiger partial charge in [0.15, 0.2) is 5.72 Å². The second-order valence-electron chi connectivity index (χ2n) is 5.15. The third kappa shape index (κ3) is 4.05. The molecule has 1 amide bonds. The van der Waals surface area contributed by atoms with E-state index in [9.17, 15) is 9.90 Å². The van der Waals surface area contributed by atoms with Crippen LogP contribution in [0.1, 0.15) is 27.2 Å². The highest BCUT2D eigenvalue weighted by Crippen LogP contribution is 2.17. The lowest BCUT2D eigenvalue weighted by molar-refractivity contribution is -0.00618. The Morgan fingerprint density at radius 2 is 2.13 bits per heavy atom. The van der Waals surface area contributed by atoms with Crippen LogP contribution in [-0.4, -0.2) is 47.6 Å². The lowest BCUT2D eigenvalue weighted by Gasteiger charge is -2.26. The fourth-order valence-corrected chi connectivity index (χ4v) is 1.58. The van der Waals surface area contributed by atoms with Crippen LogP contribution >= 0.6 is 0 Å². The molecule has 1 unspecified atom stereocenters. The smallest absolute Gasteiger partial charge is 0.409 e. The first-order chi connectivity index (χ1) is 6.70. The summed E-state index contributed by atoms with van der Waals surface area (Å²) in [6, 6.07) is 0. The van der Waals surface area contributed by atoms with Gasteiger partial charge in [0.2, 0.25) is 0 Å².